The summed E-state index contributed by atoms with van der Waals surface area (Å²) in [4.78, 5) is 40.4. The maximum absolute atomic E-state index is 12.0. The number of ether oxygens (including phenoxy) is 1. The predicted molar refractivity (Wildman–Crippen MR) is 104 cm³/mol. The zero-order valence-electron chi connectivity index (χ0n) is 16.9. The molecule has 9 nitrogen and oxygen atoms in total. The van der Waals surface area contributed by atoms with Gasteiger partial charge in [0.1, 0.15) is 5.69 Å². The molecule has 0 saturated heterocycles. The molecule has 2 amide bonds. The van der Waals surface area contributed by atoms with Crippen LogP contribution in [0.25, 0.3) is 5.65 Å². The fourth-order valence-corrected chi connectivity index (χ4v) is 3.17. The average molecular weight is 397 g/mol. The molecule has 3 heterocycles. The van der Waals surface area contributed by atoms with E-state index in [-0.39, 0.29) is 6.42 Å². The van der Waals surface area contributed by atoms with E-state index >= 15 is 0 Å². The van der Waals surface area contributed by atoms with Crippen LogP contribution in [0.2, 0.25) is 0 Å². The Morgan fingerprint density at radius 3 is 2.66 bits per heavy atom. The van der Waals surface area contributed by atoms with E-state index in [0.29, 0.717) is 12.1 Å². The van der Waals surface area contributed by atoms with Crippen molar-refractivity contribution in [1.29, 1.82) is 0 Å². The topological polar surface area (TPSA) is 108 Å². The van der Waals surface area contributed by atoms with Crippen molar-refractivity contribution in [3.05, 3.63) is 52.7 Å². The minimum absolute atomic E-state index is 0.0914. The summed E-state index contributed by atoms with van der Waals surface area (Å²) >= 11 is 0. The zero-order chi connectivity index (χ0) is 21.1. The van der Waals surface area contributed by atoms with Crippen LogP contribution < -0.4 is 5.32 Å². The maximum atomic E-state index is 12.0. The third-order valence-corrected chi connectivity index (χ3v) is 4.66. The number of aromatic nitrogens is 4. The van der Waals surface area contributed by atoms with E-state index < -0.39 is 24.4 Å². The van der Waals surface area contributed by atoms with E-state index in [0.717, 1.165) is 28.3 Å². The van der Waals surface area contributed by atoms with Crippen LogP contribution in [0.1, 0.15) is 39.6 Å². The molecule has 9 heteroatoms. The first-order valence-corrected chi connectivity index (χ1v) is 9.20. The lowest BCUT2D eigenvalue weighted by Gasteiger charge is -2.11. The molecule has 1 N–H and O–H groups in total. The molecule has 0 spiro atoms. The van der Waals surface area contributed by atoms with Crippen LogP contribution in [-0.2, 0) is 27.8 Å². The highest BCUT2D eigenvalue weighted by Gasteiger charge is 2.16. The number of amides is 2. The van der Waals surface area contributed by atoms with Crippen molar-refractivity contribution in [3.63, 3.8) is 0 Å². The van der Waals surface area contributed by atoms with Crippen LogP contribution in [0.4, 0.5) is 0 Å². The van der Waals surface area contributed by atoms with E-state index in [4.69, 9.17) is 4.74 Å². The lowest BCUT2D eigenvalue weighted by Crippen LogP contribution is -2.35. The van der Waals surface area contributed by atoms with Gasteiger partial charge < -0.3 is 9.30 Å². The molecule has 29 heavy (non-hydrogen) atoms. The first kappa shape index (κ1) is 20.2. The van der Waals surface area contributed by atoms with Crippen molar-refractivity contribution in [1.82, 2.24) is 24.5 Å². The molecule has 3 rings (SSSR count). The molecule has 0 saturated carbocycles. The largest absolute Gasteiger partial charge is 0.456 e. The van der Waals surface area contributed by atoms with Gasteiger partial charge in [-0.1, -0.05) is 0 Å². The maximum Gasteiger partial charge on any atom is 0.306 e. The van der Waals surface area contributed by atoms with Crippen molar-refractivity contribution < 1.29 is 19.1 Å². The SMILES string of the molecule is Cc1cc2nc(C)c(CCC(=O)OCC(=O)NC(=O)c3cccn3C)c(C)n2n1. The third-order valence-electron chi connectivity index (χ3n) is 4.66. The first-order valence-electron chi connectivity index (χ1n) is 9.20. The van der Waals surface area contributed by atoms with Crippen LogP contribution >= 0.6 is 0 Å². The van der Waals surface area contributed by atoms with Crippen LogP contribution in [0.5, 0.6) is 0 Å². The van der Waals surface area contributed by atoms with Gasteiger partial charge in [0, 0.05) is 37.1 Å². The quantitative estimate of drug-likeness (QED) is 0.631. The van der Waals surface area contributed by atoms with Crippen LogP contribution in [0.3, 0.4) is 0 Å². The lowest BCUT2D eigenvalue weighted by atomic mass is 10.1. The molecule has 0 unspecified atom stereocenters. The molecule has 0 aliphatic carbocycles. The standard InChI is InChI=1S/C20H23N5O4/c1-12-10-17-21-13(2)15(14(3)25(17)23-12)7-8-19(27)29-11-18(26)22-20(28)16-6-5-9-24(16)4/h5-6,9-10H,7-8,11H2,1-4H3,(H,22,26,28). The number of esters is 1. The Labute approximate surface area is 167 Å². The monoisotopic (exact) mass is 397 g/mol. The fourth-order valence-electron chi connectivity index (χ4n) is 3.17. The van der Waals surface area contributed by atoms with Crippen LogP contribution in [-0.4, -0.2) is 43.6 Å². The van der Waals surface area contributed by atoms with Gasteiger partial charge in [0.25, 0.3) is 11.8 Å². The summed E-state index contributed by atoms with van der Waals surface area (Å²) in [5.41, 5.74) is 4.64. The van der Waals surface area contributed by atoms with Crippen molar-refractivity contribution >= 4 is 23.4 Å². The van der Waals surface area contributed by atoms with Gasteiger partial charge in [0.15, 0.2) is 12.3 Å². The van der Waals surface area contributed by atoms with Crippen molar-refractivity contribution in [2.75, 3.05) is 6.61 Å². The highest BCUT2D eigenvalue weighted by Crippen LogP contribution is 2.17. The Hall–Kier alpha value is -3.49. The van der Waals surface area contributed by atoms with Gasteiger partial charge in [-0.2, -0.15) is 5.10 Å². The molecule has 0 aliphatic heterocycles. The molecule has 152 valence electrons. The smallest absolute Gasteiger partial charge is 0.306 e. The molecule has 0 aromatic carbocycles. The summed E-state index contributed by atoms with van der Waals surface area (Å²) in [5, 5.41) is 6.60. The first-order chi connectivity index (χ1) is 13.8. The van der Waals surface area contributed by atoms with Crippen molar-refractivity contribution in [2.45, 2.75) is 33.6 Å². The minimum Gasteiger partial charge on any atom is -0.456 e. The van der Waals surface area contributed by atoms with E-state index in [1.807, 2.05) is 26.8 Å². The van der Waals surface area contributed by atoms with Crippen molar-refractivity contribution in [3.8, 4) is 0 Å². The molecule has 0 atom stereocenters. The molecule has 0 radical (unpaired) electrons. The fraction of sp³-hybridized carbons (Fsp3) is 0.350. The summed E-state index contributed by atoms with van der Waals surface area (Å²) in [5.74, 6) is -1.74. The number of carbonyl (C=O) groups excluding carboxylic acids is 3. The number of nitrogens with zero attached hydrogens (tertiary/aromatic N) is 4. The van der Waals surface area contributed by atoms with Crippen LogP contribution in [0.15, 0.2) is 24.4 Å². The number of hydrogen-bond donors (Lipinski definition) is 1. The molecular formula is C20H23N5O4. The van der Waals surface area contributed by atoms with E-state index in [2.05, 4.69) is 15.4 Å². The van der Waals surface area contributed by atoms with Gasteiger partial charge in [-0.3, -0.25) is 19.7 Å². The van der Waals surface area contributed by atoms with Crippen molar-refractivity contribution in [2.24, 2.45) is 7.05 Å². The Morgan fingerprint density at radius 1 is 1.21 bits per heavy atom. The second-order valence-electron chi connectivity index (χ2n) is 6.86. The minimum atomic E-state index is -0.674. The number of fused-ring (bicyclic) bond motifs is 1. The summed E-state index contributed by atoms with van der Waals surface area (Å²) in [7, 11) is 1.69. The number of nitrogens with one attached hydrogen (secondary N) is 1. The van der Waals surface area contributed by atoms with Gasteiger partial charge in [-0.05, 0) is 44.9 Å². The Kier molecular flexibility index (Phi) is 5.76. The number of rotatable bonds is 6. The number of hydrogen-bond acceptors (Lipinski definition) is 6. The molecule has 0 aliphatic rings. The summed E-state index contributed by atoms with van der Waals surface area (Å²) in [6, 6.07) is 5.18. The third kappa shape index (κ3) is 4.50. The predicted octanol–water partition coefficient (Wildman–Crippen LogP) is 1.43. The van der Waals surface area contributed by atoms with Gasteiger partial charge in [-0.15, -0.1) is 0 Å². The zero-order valence-corrected chi connectivity index (χ0v) is 16.9. The highest BCUT2D eigenvalue weighted by molar-refractivity contribution is 6.04. The second kappa shape index (κ2) is 8.26. The average Bonchev–Trinajstić information content (AvgIpc) is 3.24. The summed E-state index contributed by atoms with van der Waals surface area (Å²) < 4.78 is 8.34. The molecule has 3 aromatic heterocycles. The normalized spacial score (nSPS) is 10.9. The molecule has 3 aromatic rings. The van der Waals surface area contributed by atoms with Gasteiger partial charge in [0.05, 0.1) is 5.69 Å². The second-order valence-corrected chi connectivity index (χ2v) is 6.86. The van der Waals surface area contributed by atoms with E-state index in [1.54, 1.807) is 34.5 Å². The van der Waals surface area contributed by atoms with E-state index in [9.17, 15) is 14.4 Å². The Morgan fingerprint density at radius 2 is 1.97 bits per heavy atom. The Balaban J connectivity index is 1.52. The van der Waals surface area contributed by atoms with Crippen LogP contribution in [0, 0.1) is 20.8 Å². The lowest BCUT2D eigenvalue weighted by molar-refractivity contribution is -0.148. The Bertz CT molecular complexity index is 1100. The van der Waals surface area contributed by atoms with Gasteiger partial charge in [-0.25, -0.2) is 9.50 Å². The van der Waals surface area contributed by atoms with Gasteiger partial charge >= 0.3 is 5.97 Å². The van der Waals surface area contributed by atoms with Gasteiger partial charge in [0.2, 0.25) is 0 Å². The molecular weight excluding hydrogens is 374 g/mol. The summed E-state index contributed by atoms with van der Waals surface area (Å²) in [6.07, 6.45) is 2.20. The molecule has 0 fully saturated rings. The number of carbonyl (C=O) groups is 3. The molecule has 0 bridgehead atoms. The highest BCUT2D eigenvalue weighted by atomic mass is 16.5. The van der Waals surface area contributed by atoms with E-state index in [1.165, 1.54) is 0 Å². The number of aryl methyl sites for hydroxylation is 4. The number of imide groups is 1. The summed E-state index contributed by atoms with van der Waals surface area (Å²) in [6.45, 7) is 5.20.